The highest BCUT2D eigenvalue weighted by molar-refractivity contribution is 6.30. The standard InChI is InChI=1S/C16H24ClN3O2/c1-19(2)15(12-5-7-13(17)8-6-12)10-18-16(22)20-9-3-4-14(20)11-21/h5-8,14-15,21H,3-4,9-11H2,1-2H3,(H,18,22)/t14-,15?/m0/s1. The van der Waals surface area contributed by atoms with Crippen molar-refractivity contribution >= 4 is 17.6 Å². The molecular formula is C16H24ClN3O2. The zero-order valence-corrected chi connectivity index (χ0v) is 13.9. The van der Waals surface area contributed by atoms with E-state index in [2.05, 4.69) is 10.2 Å². The van der Waals surface area contributed by atoms with Gasteiger partial charge in [0.15, 0.2) is 0 Å². The van der Waals surface area contributed by atoms with Gasteiger partial charge in [0.25, 0.3) is 0 Å². The molecule has 1 aliphatic rings. The number of benzene rings is 1. The highest BCUT2D eigenvalue weighted by Crippen LogP contribution is 2.21. The fourth-order valence-corrected chi connectivity index (χ4v) is 2.99. The van der Waals surface area contributed by atoms with Crippen LogP contribution in [0, 0.1) is 0 Å². The minimum atomic E-state index is -0.0997. The second-order valence-corrected chi connectivity index (χ2v) is 6.33. The van der Waals surface area contributed by atoms with E-state index in [0.717, 1.165) is 18.4 Å². The summed E-state index contributed by atoms with van der Waals surface area (Å²) in [5.74, 6) is 0. The fraction of sp³-hybridized carbons (Fsp3) is 0.562. The fourth-order valence-electron chi connectivity index (χ4n) is 2.86. The van der Waals surface area contributed by atoms with Gasteiger partial charge < -0.3 is 20.2 Å². The number of nitrogens with one attached hydrogen (secondary N) is 1. The summed E-state index contributed by atoms with van der Waals surface area (Å²) in [4.78, 5) is 16.1. The van der Waals surface area contributed by atoms with Gasteiger partial charge in [-0.1, -0.05) is 23.7 Å². The summed E-state index contributed by atoms with van der Waals surface area (Å²) in [6, 6.07) is 7.61. The maximum Gasteiger partial charge on any atom is 0.317 e. The SMILES string of the molecule is CN(C)C(CNC(=O)N1CCC[C@H]1CO)c1ccc(Cl)cc1. The number of carbonyl (C=O) groups excluding carboxylic acids is 1. The van der Waals surface area contributed by atoms with Crippen LogP contribution in [-0.4, -0.2) is 60.8 Å². The molecule has 0 radical (unpaired) electrons. The van der Waals surface area contributed by atoms with Crippen molar-refractivity contribution in [2.24, 2.45) is 0 Å². The predicted molar refractivity (Wildman–Crippen MR) is 88.1 cm³/mol. The second-order valence-electron chi connectivity index (χ2n) is 5.89. The van der Waals surface area contributed by atoms with E-state index in [-0.39, 0.29) is 24.7 Å². The zero-order chi connectivity index (χ0) is 16.1. The van der Waals surface area contributed by atoms with Crippen molar-refractivity contribution in [2.75, 3.05) is 33.8 Å². The molecule has 1 aliphatic heterocycles. The number of aliphatic hydroxyl groups is 1. The predicted octanol–water partition coefficient (Wildman–Crippen LogP) is 2.11. The molecule has 2 N–H and O–H groups in total. The maximum absolute atomic E-state index is 12.3. The first-order valence-electron chi connectivity index (χ1n) is 7.60. The topological polar surface area (TPSA) is 55.8 Å². The van der Waals surface area contributed by atoms with E-state index < -0.39 is 0 Å². The Morgan fingerprint density at radius 3 is 2.73 bits per heavy atom. The molecule has 2 atom stereocenters. The van der Waals surface area contributed by atoms with Crippen LogP contribution in [0.1, 0.15) is 24.4 Å². The van der Waals surface area contributed by atoms with Crippen LogP contribution in [0.3, 0.4) is 0 Å². The van der Waals surface area contributed by atoms with Crippen LogP contribution >= 0.6 is 11.6 Å². The number of amides is 2. The summed E-state index contributed by atoms with van der Waals surface area (Å²) < 4.78 is 0. The molecule has 1 aromatic rings. The van der Waals surface area contributed by atoms with E-state index in [1.165, 1.54) is 0 Å². The van der Waals surface area contributed by atoms with Crippen LogP contribution in [0.4, 0.5) is 4.79 Å². The lowest BCUT2D eigenvalue weighted by Crippen LogP contribution is -2.46. The summed E-state index contributed by atoms with van der Waals surface area (Å²) >= 11 is 5.93. The van der Waals surface area contributed by atoms with Crippen LogP contribution in [0.15, 0.2) is 24.3 Å². The first-order chi connectivity index (χ1) is 10.5. The average molecular weight is 326 g/mol. The zero-order valence-electron chi connectivity index (χ0n) is 13.1. The van der Waals surface area contributed by atoms with Crippen molar-refractivity contribution < 1.29 is 9.90 Å². The largest absolute Gasteiger partial charge is 0.394 e. The number of urea groups is 1. The minimum Gasteiger partial charge on any atom is -0.394 e. The third kappa shape index (κ3) is 4.12. The van der Waals surface area contributed by atoms with Crippen LogP contribution in [-0.2, 0) is 0 Å². The lowest BCUT2D eigenvalue weighted by Gasteiger charge is -2.28. The van der Waals surface area contributed by atoms with Gasteiger partial charge in [0.2, 0.25) is 0 Å². The molecule has 0 aromatic heterocycles. The number of halogens is 1. The molecule has 0 saturated carbocycles. The molecule has 22 heavy (non-hydrogen) atoms. The number of carbonyl (C=O) groups is 1. The molecule has 0 bridgehead atoms. The number of aliphatic hydroxyl groups excluding tert-OH is 1. The number of hydrogen-bond acceptors (Lipinski definition) is 3. The Hall–Kier alpha value is -1.30. The summed E-state index contributed by atoms with van der Waals surface area (Å²) in [5, 5.41) is 13.0. The second kappa shape index (κ2) is 7.81. The molecule has 2 rings (SSSR count). The van der Waals surface area contributed by atoms with Crippen LogP contribution in [0.2, 0.25) is 5.02 Å². The summed E-state index contributed by atoms with van der Waals surface area (Å²) in [5.41, 5.74) is 1.11. The Kier molecular flexibility index (Phi) is 6.06. The van der Waals surface area contributed by atoms with E-state index in [4.69, 9.17) is 11.6 Å². The quantitative estimate of drug-likeness (QED) is 0.871. The molecule has 0 aliphatic carbocycles. The molecule has 0 spiro atoms. The van der Waals surface area contributed by atoms with Gasteiger partial charge in [0.1, 0.15) is 0 Å². The molecule has 1 heterocycles. The Morgan fingerprint density at radius 2 is 2.14 bits per heavy atom. The third-order valence-corrected chi connectivity index (χ3v) is 4.43. The Bertz CT molecular complexity index is 493. The van der Waals surface area contributed by atoms with Gasteiger partial charge in [-0.3, -0.25) is 0 Å². The van der Waals surface area contributed by atoms with E-state index in [0.29, 0.717) is 18.1 Å². The van der Waals surface area contributed by atoms with E-state index >= 15 is 0 Å². The normalized spacial score (nSPS) is 19.5. The summed E-state index contributed by atoms with van der Waals surface area (Å²) in [6.07, 6.45) is 1.82. The highest BCUT2D eigenvalue weighted by Gasteiger charge is 2.28. The van der Waals surface area contributed by atoms with Gasteiger partial charge in [-0.05, 0) is 44.6 Å². The number of likely N-dealkylation sites (tertiary alicyclic amines) is 1. The van der Waals surface area contributed by atoms with Crippen molar-refractivity contribution in [2.45, 2.75) is 24.9 Å². The number of hydrogen-bond donors (Lipinski definition) is 2. The van der Waals surface area contributed by atoms with Crippen molar-refractivity contribution in [3.05, 3.63) is 34.9 Å². The lowest BCUT2D eigenvalue weighted by atomic mass is 10.1. The van der Waals surface area contributed by atoms with Crippen LogP contribution < -0.4 is 5.32 Å². The molecular weight excluding hydrogens is 302 g/mol. The van der Waals surface area contributed by atoms with Crippen molar-refractivity contribution in [3.8, 4) is 0 Å². The van der Waals surface area contributed by atoms with E-state index in [9.17, 15) is 9.90 Å². The molecule has 122 valence electrons. The van der Waals surface area contributed by atoms with Gasteiger partial charge in [-0.2, -0.15) is 0 Å². The smallest absolute Gasteiger partial charge is 0.317 e. The van der Waals surface area contributed by atoms with Gasteiger partial charge >= 0.3 is 6.03 Å². The molecule has 6 heteroatoms. The molecule has 5 nitrogen and oxygen atoms in total. The molecule has 1 fully saturated rings. The average Bonchev–Trinajstić information content (AvgIpc) is 2.97. The molecule has 1 saturated heterocycles. The minimum absolute atomic E-state index is 0.0295. The first kappa shape index (κ1) is 17.1. The third-order valence-electron chi connectivity index (χ3n) is 4.17. The van der Waals surface area contributed by atoms with Crippen molar-refractivity contribution in [1.29, 1.82) is 0 Å². The Balaban J connectivity index is 1.97. The van der Waals surface area contributed by atoms with Crippen LogP contribution in [0.25, 0.3) is 0 Å². The number of likely N-dealkylation sites (N-methyl/N-ethyl adjacent to an activating group) is 1. The Morgan fingerprint density at radius 1 is 1.45 bits per heavy atom. The van der Waals surface area contributed by atoms with Crippen LogP contribution in [0.5, 0.6) is 0 Å². The van der Waals surface area contributed by atoms with Gasteiger partial charge in [-0.25, -0.2) is 4.79 Å². The molecule has 1 aromatic carbocycles. The number of nitrogens with zero attached hydrogens (tertiary/aromatic N) is 2. The monoisotopic (exact) mass is 325 g/mol. The highest BCUT2D eigenvalue weighted by atomic mass is 35.5. The number of rotatable bonds is 5. The summed E-state index contributed by atoms with van der Waals surface area (Å²) in [7, 11) is 3.97. The van der Waals surface area contributed by atoms with Gasteiger partial charge in [0.05, 0.1) is 18.7 Å². The van der Waals surface area contributed by atoms with Gasteiger partial charge in [-0.15, -0.1) is 0 Å². The Labute approximate surface area is 136 Å². The summed E-state index contributed by atoms with van der Waals surface area (Å²) in [6.45, 7) is 1.26. The lowest BCUT2D eigenvalue weighted by molar-refractivity contribution is 0.154. The van der Waals surface area contributed by atoms with Gasteiger partial charge in [0, 0.05) is 18.1 Å². The van der Waals surface area contributed by atoms with E-state index in [1.54, 1.807) is 4.90 Å². The molecule has 2 amide bonds. The van der Waals surface area contributed by atoms with Crippen molar-refractivity contribution in [3.63, 3.8) is 0 Å². The molecule has 1 unspecified atom stereocenters. The first-order valence-corrected chi connectivity index (χ1v) is 7.98. The maximum atomic E-state index is 12.3. The van der Waals surface area contributed by atoms with E-state index in [1.807, 2.05) is 38.4 Å². The van der Waals surface area contributed by atoms with Crippen molar-refractivity contribution in [1.82, 2.24) is 15.1 Å².